The molecule has 0 aromatic carbocycles. The first kappa shape index (κ1) is 7.80. The summed E-state index contributed by atoms with van der Waals surface area (Å²) in [6.07, 6.45) is 8.38. The predicted octanol–water partition coefficient (Wildman–Crippen LogP) is 2.05. The SMILES string of the molecule is CCC/C=C/CCN1CC1. The molecule has 10 heavy (non-hydrogen) atoms. The minimum absolute atomic E-state index is 1.25. The minimum atomic E-state index is 1.25. The highest BCUT2D eigenvalue weighted by Crippen LogP contribution is 2.04. The Kier molecular flexibility index (Phi) is 3.52. The minimum Gasteiger partial charge on any atom is -0.300 e. The van der Waals surface area contributed by atoms with Crippen molar-refractivity contribution in [3.8, 4) is 0 Å². The molecule has 1 saturated heterocycles. The van der Waals surface area contributed by atoms with Crippen molar-refractivity contribution in [1.29, 1.82) is 0 Å². The maximum Gasteiger partial charge on any atom is 0.0110 e. The monoisotopic (exact) mass is 139 g/mol. The third kappa shape index (κ3) is 3.67. The molecule has 1 fully saturated rings. The van der Waals surface area contributed by atoms with Crippen LogP contribution < -0.4 is 0 Å². The fraction of sp³-hybridized carbons (Fsp3) is 0.778. The summed E-state index contributed by atoms with van der Waals surface area (Å²) in [5, 5.41) is 0. The topological polar surface area (TPSA) is 3.01 Å². The van der Waals surface area contributed by atoms with E-state index in [1.54, 1.807) is 0 Å². The molecule has 1 rings (SSSR count). The molecule has 0 radical (unpaired) electrons. The lowest BCUT2D eigenvalue weighted by atomic mass is 10.3. The van der Waals surface area contributed by atoms with E-state index in [9.17, 15) is 0 Å². The summed E-state index contributed by atoms with van der Waals surface area (Å²) in [4.78, 5) is 2.45. The van der Waals surface area contributed by atoms with E-state index in [1.165, 1.54) is 38.9 Å². The molecule has 1 aliphatic rings. The average Bonchev–Trinajstić information content (AvgIpc) is 2.71. The summed E-state index contributed by atoms with van der Waals surface area (Å²) in [6.45, 7) is 6.16. The lowest BCUT2D eigenvalue weighted by molar-refractivity contribution is 0.567. The van der Waals surface area contributed by atoms with E-state index >= 15 is 0 Å². The van der Waals surface area contributed by atoms with Crippen molar-refractivity contribution < 1.29 is 0 Å². The van der Waals surface area contributed by atoms with E-state index in [4.69, 9.17) is 0 Å². The zero-order chi connectivity index (χ0) is 7.23. The second kappa shape index (κ2) is 4.51. The molecule has 0 unspecified atom stereocenters. The molecule has 0 aromatic heterocycles. The van der Waals surface area contributed by atoms with Gasteiger partial charge in [0.25, 0.3) is 0 Å². The van der Waals surface area contributed by atoms with Crippen LogP contribution >= 0.6 is 0 Å². The number of rotatable bonds is 5. The van der Waals surface area contributed by atoms with Crippen molar-refractivity contribution >= 4 is 0 Å². The van der Waals surface area contributed by atoms with Crippen molar-refractivity contribution in [2.75, 3.05) is 19.6 Å². The van der Waals surface area contributed by atoms with Crippen LogP contribution in [0.4, 0.5) is 0 Å². The van der Waals surface area contributed by atoms with Gasteiger partial charge in [0.15, 0.2) is 0 Å². The van der Waals surface area contributed by atoms with E-state index < -0.39 is 0 Å². The first-order valence-corrected chi connectivity index (χ1v) is 4.31. The van der Waals surface area contributed by atoms with Gasteiger partial charge in [-0.2, -0.15) is 0 Å². The summed E-state index contributed by atoms with van der Waals surface area (Å²) in [6, 6.07) is 0. The van der Waals surface area contributed by atoms with Crippen LogP contribution in [0.15, 0.2) is 12.2 Å². The van der Waals surface area contributed by atoms with E-state index in [2.05, 4.69) is 24.0 Å². The highest BCUT2D eigenvalue weighted by Gasteiger charge is 2.14. The number of hydrogen-bond donors (Lipinski definition) is 0. The van der Waals surface area contributed by atoms with Gasteiger partial charge >= 0.3 is 0 Å². The molecule has 1 heteroatoms. The molecule has 1 heterocycles. The van der Waals surface area contributed by atoms with Crippen molar-refractivity contribution in [3.63, 3.8) is 0 Å². The highest BCUT2D eigenvalue weighted by molar-refractivity contribution is 4.84. The lowest BCUT2D eigenvalue weighted by Crippen LogP contribution is -1.95. The number of hydrogen-bond acceptors (Lipinski definition) is 1. The van der Waals surface area contributed by atoms with Crippen LogP contribution in [0.2, 0.25) is 0 Å². The van der Waals surface area contributed by atoms with Crippen molar-refractivity contribution in [1.82, 2.24) is 4.90 Å². The third-order valence-electron chi connectivity index (χ3n) is 1.77. The van der Waals surface area contributed by atoms with Crippen LogP contribution in [0.1, 0.15) is 26.2 Å². The molecule has 0 aromatic rings. The fourth-order valence-corrected chi connectivity index (χ4v) is 0.954. The molecule has 0 spiro atoms. The molecular weight excluding hydrogens is 122 g/mol. The van der Waals surface area contributed by atoms with E-state index in [1.807, 2.05) is 0 Å². The number of unbranched alkanes of at least 4 members (excludes halogenated alkanes) is 1. The Bertz CT molecular complexity index is 103. The van der Waals surface area contributed by atoms with Gasteiger partial charge in [0, 0.05) is 19.6 Å². The average molecular weight is 139 g/mol. The molecule has 0 atom stereocenters. The first-order chi connectivity index (χ1) is 4.93. The van der Waals surface area contributed by atoms with E-state index in [0.717, 1.165) is 0 Å². The lowest BCUT2D eigenvalue weighted by Gasteiger charge is -1.93. The quantitative estimate of drug-likeness (QED) is 0.416. The molecule has 0 N–H and O–H groups in total. The van der Waals surface area contributed by atoms with Gasteiger partial charge in [0.1, 0.15) is 0 Å². The van der Waals surface area contributed by atoms with Gasteiger partial charge in [-0.1, -0.05) is 25.5 Å². The molecular formula is C9H17N. The van der Waals surface area contributed by atoms with E-state index in [0.29, 0.717) is 0 Å². The number of nitrogens with zero attached hydrogens (tertiary/aromatic N) is 1. The fourth-order valence-electron chi connectivity index (χ4n) is 0.954. The van der Waals surface area contributed by atoms with Crippen molar-refractivity contribution in [2.45, 2.75) is 26.2 Å². The molecule has 0 aliphatic carbocycles. The van der Waals surface area contributed by atoms with Crippen molar-refractivity contribution in [3.05, 3.63) is 12.2 Å². The highest BCUT2D eigenvalue weighted by atomic mass is 15.2. The van der Waals surface area contributed by atoms with Gasteiger partial charge < -0.3 is 4.90 Å². The number of allylic oxidation sites excluding steroid dienone is 1. The normalized spacial score (nSPS) is 18.5. The molecule has 58 valence electrons. The summed E-state index contributed by atoms with van der Waals surface area (Å²) in [5.74, 6) is 0. The Labute approximate surface area is 63.7 Å². The van der Waals surface area contributed by atoms with Gasteiger partial charge in [0.05, 0.1) is 0 Å². The predicted molar refractivity (Wildman–Crippen MR) is 45.1 cm³/mol. The Balaban J connectivity index is 1.83. The molecule has 0 amide bonds. The van der Waals surface area contributed by atoms with Gasteiger partial charge in [-0.25, -0.2) is 0 Å². The molecule has 0 saturated carbocycles. The van der Waals surface area contributed by atoms with Gasteiger partial charge in [-0.15, -0.1) is 0 Å². The zero-order valence-electron chi connectivity index (χ0n) is 6.84. The van der Waals surface area contributed by atoms with Gasteiger partial charge in [-0.3, -0.25) is 0 Å². The van der Waals surface area contributed by atoms with Crippen LogP contribution in [0, 0.1) is 0 Å². The Morgan fingerprint density at radius 3 is 2.50 bits per heavy atom. The molecule has 1 nitrogen and oxygen atoms in total. The van der Waals surface area contributed by atoms with Crippen LogP contribution in [-0.4, -0.2) is 24.5 Å². The van der Waals surface area contributed by atoms with Crippen LogP contribution in [0.5, 0.6) is 0 Å². The molecule has 1 aliphatic heterocycles. The largest absolute Gasteiger partial charge is 0.300 e. The first-order valence-electron chi connectivity index (χ1n) is 4.31. The Morgan fingerprint density at radius 1 is 1.20 bits per heavy atom. The smallest absolute Gasteiger partial charge is 0.0110 e. The summed E-state index contributed by atoms with van der Waals surface area (Å²) in [7, 11) is 0. The van der Waals surface area contributed by atoms with Gasteiger partial charge in [-0.05, 0) is 12.8 Å². The van der Waals surface area contributed by atoms with Crippen LogP contribution in [0.25, 0.3) is 0 Å². The summed E-state index contributed by atoms with van der Waals surface area (Å²) in [5.41, 5.74) is 0. The molecule has 0 bridgehead atoms. The zero-order valence-corrected chi connectivity index (χ0v) is 6.84. The third-order valence-corrected chi connectivity index (χ3v) is 1.77. The van der Waals surface area contributed by atoms with Gasteiger partial charge in [0.2, 0.25) is 0 Å². The Hall–Kier alpha value is -0.300. The maximum atomic E-state index is 2.45. The second-order valence-corrected chi connectivity index (χ2v) is 2.89. The van der Waals surface area contributed by atoms with Crippen molar-refractivity contribution in [2.24, 2.45) is 0 Å². The van der Waals surface area contributed by atoms with E-state index in [-0.39, 0.29) is 0 Å². The van der Waals surface area contributed by atoms with Crippen LogP contribution in [-0.2, 0) is 0 Å². The Morgan fingerprint density at radius 2 is 1.90 bits per heavy atom. The summed E-state index contributed by atoms with van der Waals surface area (Å²) >= 11 is 0. The maximum absolute atomic E-state index is 2.45. The second-order valence-electron chi connectivity index (χ2n) is 2.89. The standard InChI is InChI=1S/C9H17N/c1-2-3-4-5-6-7-10-8-9-10/h4-5H,2-3,6-9H2,1H3/b5-4+. The summed E-state index contributed by atoms with van der Waals surface area (Å²) < 4.78 is 0. The van der Waals surface area contributed by atoms with Crippen LogP contribution in [0.3, 0.4) is 0 Å².